The van der Waals surface area contributed by atoms with Crippen LogP contribution in [-0.2, 0) is 0 Å². The van der Waals surface area contributed by atoms with E-state index in [1.54, 1.807) is 18.2 Å². The van der Waals surface area contributed by atoms with Crippen molar-refractivity contribution >= 4 is 34.8 Å². The van der Waals surface area contributed by atoms with Gasteiger partial charge in [0, 0.05) is 16.7 Å². The summed E-state index contributed by atoms with van der Waals surface area (Å²) in [6, 6.07) is 10.8. The molecule has 0 saturated heterocycles. The molecule has 106 valence electrons. The first-order valence-corrected chi connectivity index (χ1v) is 7.13. The topological polar surface area (TPSA) is 88.8 Å². The predicted molar refractivity (Wildman–Crippen MR) is 81.1 cm³/mol. The third-order valence-corrected chi connectivity index (χ3v) is 4.28. The number of halogens is 1. The Morgan fingerprint density at radius 3 is 2.90 bits per heavy atom. The van der Waals surface area contributed by atoms with Crippen LogP contribution in [0.15, 0.2) is 57.8 Å². The highest BCUT2D eigenvalue weighted by Gasteiger charge is 2.11. The van der Waals surface area contributed by atoms with Gasteiger partial charge in [-0.2, -0.15) is 0 Å². The van der Waals surface area contributed by atoms with E-state index in [9.17, 15) is 0 Å². The van der Waals surface area contributed by atoms with Crippen molar-refractivity contribution in [2.24, 2.45) is 10.9 Å². The van der Waals surface area contributed by atoms with Gasteiger partial charge in [-0.15, -0.1) is 10.2 Å². The van der Waals surface area contributed by atoms with E-state index < -0.39 is 0 Å². The Morgan fingerprint density at radius 2 is 2.14 bits per heavy atom. The monoisotopic (exact) mass is 319 g/mol. The number of pyridine rings is 1. The van der Waals surface area contributed by atoms with Crippen molar-refractivity contribution in [3.05, 3.63) is 53.2 Å². The van der Waals surface area contributed by atoms with E-state index in [-0.39, 0.29) is 5.84 Å². The predicted octanol–water partition coefficient (Wildman–Crippen LogP) is 2.63. The second-order valence-electron chi connectivity index (χ2n) is 4.14. The van der Waals surface area contributed by atoms with Crippen LogP contribution < -0.4 is 5.73 Å². The number of nitrogens with two attached hydrogens (primary N) is 1. The van der Waals surface area contributed by atoms with Gasteiger partial charge in [0.25, 0.3) is 0 Å². The van der Waals surface area contributed by atoms with Gasteiger partial charge >= 0.3 is 0 Å². The van der Waals surface area contributed by atoms with Gasteiger partial charge in [0.1, 0.15) is 0 Å². The van der Waals surface area contributed by atoms with Crippen LogP contribution in [0.5, 0.6) is 0 Å². The molecule has 0 amide bonds. The van der Waals surface area contributed by atoms with Crippen LogP contribution in [0, 0.1) is 0 Å². The van der Waals surface area contributed by atoms with E-state index >= 15 is 0 Å². The highest BCUT2D eigenvalue weighted by molar-refractivity contribution is 7.99. The quantitative estimate of drug-likeness (QED) is 0.335. The molecular formula is C13H10ClN5OS. The Balaban J connectivity index is 1.95. The first kappa shape index (κ1) is 13.7. The molecule has 2 heterocycles. The van der Waals surface area contributed by atoms with E-state index in [1.807, 2.05) is 28.8 Å². The Labute approximate surface area is 129 Å². The molecular weight excluding hydrogens is 310 g/mol. The highest BCUT2D eigenvalue weighted by atomic mass is 35.5. The second kappa shape index (κ2) is 5.63. The molecule has 0 saturated carbocycles. The molecule has 0 radical (unpaired) electrons. The van der Waals surface area contributed by atoms with E-state index in [2.05, 4.69) is 15.4 Å². The molecule has 0 spiro atoms. The lowest BCUT2D eigenvalue weighted by atomic mass is 10.2. The molecule has 0 unspecified atom stereocenters. The van der Waals surface area contributed by atoms with Gasteiger partial charge in [-0.05, 0) is 42.1 Å². The van der Waals surface area contributed by atoms with Crippen molar-refractivity contribution < 1.29 is 5.21 Å². The molecule has 0 fully saturated rings. The third kappa shape index (κ3) is 2.65. The summed E-state index contributed by atoms with van der Waals surface area (Å²) in [5.74, 6) is 0.0152. The zero-order chi connectivity index (χ0) is 14.8. The molecule has 0 aliphatic rings. The number of nitrogens with zero attached hydrogens (tertiary/aromatic N) is 4. The summed E-state index contributed by atoms with van der Waals surface area (Å²) >= 11 is 7.62. The van der Waals surface area contributed by atoms with Gasteiger partial charge in [0.15, 0.2) is 16.6 Å². The van der Waals surface area contributed by atoms with Gasteiger partial charge in [0.2, 0.25) is 0 Å². The highest BCUT2D eigenvalue weighted by Crippen LogP contribution is 2.32. The lowest BCUT2D eigenvalue weighted by Crippen LogP contribution is -2.12. The fourth-order valence-corrected chi connectivity index (χ4v) is 2.91. The third-order valence-electron chi connectivity index (χ3n) is 2.82. The number of fused-ring (bicyclic) bond motifs is 1. The van der Waals surface area contributed by atoms with Crippen molar-refractivity contribution in [1.29, 1.82) is 0 Å². The van der Waals surface area contributed by atoms with Gasteiger partial charge in [-0.25, -0.2) is 0 Å². The number of rotatable bonds is 3. The summed E-state index contributed by atoms with van der Waals surface area (Å²) in [5.41, 5.74) is 6.85. The zero-order valence-corrected chi connectivity index (χ0v) is 12.2. The van der Waals surface area contributed by atoms with Gasteiger partial charge < -0.3 is 10.9 Å². The number of hydrogen-bond donors (Lipinski definition) is 2. The minimum Gasteiger partial charge on any atom is -0.409 e. The number of benzene rings is 1. The van der Waals surface area contributed by atoms with Crippen molar-refractivity contribution in [2.75, 3.05) is 0 Å². The van der Waals surface area contributed by atoms with Gasteiger partial charge in [-0.3, -0.25) is 4.40 Å². The van der Waals surface area contributed by atoms with E-state index in [4.69, 9.17) is 22.5 Å². The zero-order valence-electron chi connectivity index (χ0n) is 10.6. The normalized spacial score (nSPS) is 12.0. The van der Waals surface area contributed by atoms with Crippen molar-refractivity contribution in [3.8, 4) is 0 Å². The van der Waals surface area contributed by atoms with Crippen molar-refractivity contribution in [1.82, 2.24) is 14.6 Å². The van der Waals surface area contributed by atoms with E-state index in [1.165, 1.54) is 11.8 Å². The maximum Gasteiger partial charge on any atom is 0.200 e. The molecule has 0 bridgehead atoms. The molecule has 8 heteroatoms. The molecule has 3 N–H and O–H groups in total. The Bertz CT molecular complexity index is 832. The van der Waals surface area contributed by atoms with Crippen LogP contribution in [0.3, 0.4) is 0 Å². The molecule has 0 aliphatic carbocycles. The maximum absolute atomic E-state index is 8.67. The summed E-state index contributed by atoms with van der Waals surface area (Å²) in [5, 5.41) is 21.0. The number of aromatic nitrogens is 3. The average molecular weight is 320 g/mol. The first-order chi connectivity index (χ1) is 10.2. The number of hydrogen-bond acceptors (Lipinski definition) is 5. The lowest BCUT2D eigenvalue weighted by Gasteiger charge is -2.05. The van der Waals surface area contributed by atoms with Crippen molar-refractivity contribution in [3.63, 3.8) is 0 Å². The standard InChI is InChI=1S/C13H10ClN5OS/c14-9-7-8(12(15)18-20)4-5-10(9)21-13-17-16-11-3-1-2-6-19(11)13/h1-7,20H,(H2,15,18). The molecule has 3 aromatic rings. The summed E-state index contributed by atoms with van der Waals surface area (Å²) in [6.45, 7) is 0. The Kier molecular flexibility index (Phi) is 3.68. The Morgan fingerprint density at radius 1 is 1.29 bits per heavy atom. The molecule has 0 atom stereocenters. The fraction of sp³-hybridized carbons (Fsp3) is 0. The minimum absolute atomic E-state index is 0.0152. The molecule has 3 rings (SSSR count). The van der Waals surface area contributed by atoms with Crippen LogP contribution in [0.2, 0.25) is 5.02 Å². The smallest absolute Gasteiger partial charge is 0.200 e. The summed E-state index contributed by atoms with van der Waals surface area (Å²) < 4.78 is 1.87. The van der Waals surface area contributed by atoms with Crippen LogP contribution in [-0.4, -0.2) is 25.6 Å². The van der Waals surface area contributed by atoms with E-state index in [0.717, 1.165) is 10.5 Å². The summed E-state index contributed by atoms with van der Waals surface area (Å²) in [7, 11) is 0. The minimum atomic E-state index is 0.0152. The summed E-state index contributed by atoms with van der Waals surface area (Å²) in [6.07, 6.45) is 1.89. The summed E-state index contributed by atoms with van der Waals surface area (Å²) in [4.78, 5) is 0.810. The maximum atomic E-state index is 8.67. The van der Waals surface area contributed by atoms with E-state index in [0.29, 0.717) is 15.7 Å². The largest absolute Gasteiger partial charge is 0.409 e. The van der Waals surface area contributed by atoms with Crippen LogP contribution in [0.4, 0.5) is 0 Å². The molecule has 0 aliphatic heterocycles. The lowest BCUT2D eigenvalue weighted by molar-refractivity contribution is 0.318. The van der Waals surface area contributed by atoms with Crippen molar-refractivity contribution in [2.45, 2.75) is 10.1 Å². The number of oxime groups is 1. The first-order valence-electron chi connectivity index (χ1n) is 5.94. The number of amidine groups is 1. The molecule has 2 aromatic heterocycles. The molecule has 21 heavy (non-hydrogen) atoms. The Hall–Kier alpha value is -2.25. The fourth-order valence-electron chi connectivity index (χ4n) is 1.79. The molecule has 1 aromatic carbocycles. The average Bonchev–Trinajstić information content (AvgIpc) is 2.92. The van der Waals surface area contributed by atoms with Gasteiger partial charge in [-0.1, -0.05) is 22.8 Å². The second-order valence-corrected chi connectivity index (χ2v) is 5.56. The SMILES string of the molecule is NC(=NO)c1ccc(Sc2nnc3ccccn23)c(Cl)c1. The molecule has 6 nitrogen and oxygen atoms in total. The van der Waals surface area contributed by atoms with Crippen LogP contribution in [0.1, 0.15) is 5.56 Å². The van der Waals surface area contributed by atoms with Gasteiger partial charge in [0.05, 0.1) is 5.02 Å². The van der Waals surface area contributed by atoms with Crippen LogP contribution in [0.25, 0.3) is 5.65 Å². The van der Waals surface area contributed by atoms with Crippen LogP contribution >= 0.6 is 23.4 Å².